The summed E-state index contributed by atoms with van der Waals surface area (Å²) in [4.78, 5) is 26.9. The quantitative estimate of drug-likeness (QED) is 0.344. The Morgan fingerprint density at radius 3 is 2.81 bits per heavy atom. The van der Waals surface area contributed by atoms with Crippen molar-refractivity contribution in [1.29, 1.82) is 0 Å². The first kappa shape index (κ1) is 20.9. The summed E-state index contributed by atoms with van der Waals surface area (Å²) in [7, 11) is 0. The SMILES string of the molecule is Cc1cc(=O)oc2cc(OCC(=O)N3N=C(c4cccs4)CC3c3cccs3)c(Cl)cc12. The first-order valence-electron chi connectivity index (χ1n) is 9.83. The molecule has 0 spiro atoms. The van der Waals surface area contributed by atoms with Gasteiger partial charge in [-0.05, 0) is 41.4 Å². The molecule has 0 saturated heterocycles. The molecule has 1 aromatic carbocycles. The van der Waals surface area contributed by atoms with E-state index in [4.69, 9.17) is 20.8 Å². The zero-order valence-electron chi connectivity index (χ0n) is 16.9. The van der Waals surface area contributed by atoms with Crippen molar-refractivity contribution in [3.8, 4) is 5.75 Å². The van der Waals surface area contributed by atoms with Crippen LogP contribution in [-0.4, -0.2) is 23.2 Å². The second-order valence-corrected chi connectivity index (χ2v) is 9.65. The number of aryl methyl sites for hydroxylation is 1. The number of halogens is 1. The van der Waals surface area contributed by atoms with Crippen molar-refractivity contribution < 1.29 is 13.9 Å². The van der Waals surface area contributed by atoms with E-state index in [1.807, 2.05) is 35.0 Å². The van der Waals surface area contributed by atoms with Crippen LogP contribution in [0.2, 0.25) is 5.02 Å². The summed E-state index contributed by atoms with van der Waals surface area (Å²) >= 11 is 9.56. The molecule has 4 heterocycles. The smallest absolute Gasteiger partial charge is 0.336 e. The molecular formula is C23H17ClN2O4S2. The Labute approximate surface area is 196 Å². The number of benzene rings is 1. The van der Waals surface area contributed by atoms with Gasteiger partial charge in [-0.25, -0.2) is 9.80 Å². The Balaban J connectivity index is 1.39. The Hall–Kier alpha value is -2.94. The maximum Gasteiger partial charge on any atom is 0.336 e. The summed E-state index contributed by atoms with van der Waals surface area (Å²) < 4.78 is 11.0. The molecule has 0 N–H and O–H groups in total. The number of carbonyl (C=O) groups excluding carboxylic acids is 1. The van der Waals surface area contributed by atoms with Crippen LogP contribution >= 0.6 is 34.3 Å². The lowest BCUT2D eigenvalue weighted by atomic mass is 10.1. The fourth-order valence-electron chi connectivity index (χ4n) is 3.67. The van der Waals surface area contributed by atoms with Crippen LogP contribution in [-0.2, 0) is 4.79 Å². The Morgan fingerprint density at radius 2 is 2.06 bits per heavy atom. The first-order valence-corrected chi connectivity index (χ1v) is 12.0. The van der Waals surface area contributed by atoms with Crippen molar-refractivity contribution in [1.82, 2.24) is 5.01 Å². The highest BCUT2D eigenvalue weighted by molar-refractivity contribution is 7.12. The third-order valence-electron chi connectivity index (χ3n) is 5.20. The summed E-state index contributed by atoms with van der Waals surface area (Å²) in [6, 6.07) is 12.4. The van der Waals surface area contributed by atoms with Gasteiger partial charge in [-0.3, -0.25) is 4.79 Å². The molecule has 0 aliphatic carbocycles. The predicted octanol–water partition coefficient (Wildman–Crippen LogP) is 5.63. The Bertz CT molecular complexity index is 1380. The number of nitrogens with zero attached hydrogens (tertiary/aromatic N) is 2. The van der Waals surface area contributed by atoms with E-state index in [0.717, 1.165) is 26.4 Å². The van der Waals surface area contributed by atoms with Gasteiger partial charge in [0.1, 0.15) is 11.3 Å². The number of amides is 1. The van der Waals surface area contributed by atoms with Crippen molar-refractivity contribution in [2.45, 2.75) is 19.4 Å². The second kappa shape index (κ2) is 8.54. The van der Waals surface area contributed by atoms with E-state index in [0.29, 0.717) is 17.0 Å². The van der Waals surface area contributed by atoms with E-state index in [-0.39, 0.29) is 24.3 Å². The number of hydrogen-bond acceptors (Lipinski definition) is 7. The van der Waals surface area contributed by atoms with E-state index < -0.39 is 5.63 Å². The van der Waals surface area contributed by atoms with Gasteiger partial charge in [-0.15, -0.1) is 22.7 Å². The first-order chi connectivity index (χ1) is 15.5. The van der Waals surface area contributed by atoms with Crippen molar-refractivity contribution in [3.05, 3.63) is 84.0 Å². The molecule has 1 aliphatic rings. The third kappa shape index (κ3) is 3.97. The van der Waals surface area contributed by atoms with Crippen molar-refractivity contribution >= 4 is 56.9 Å². The minimum atomic E-state index is -0.453. The summed E-state index contributed by atoms with van der Waals surface area (Å²) in [5.41, 5.74) is 1.54. The predicted molar refractivity (Wildman–Crippen MR) is 127 cm³/mol. The molecule has 0 fully saturated rings. The Kier molecular flexibility index (Phi) is 5.58. The van der Waals surface area contributed by atoms with Crippen LogP contribution in [0.15, 0.2) is 67.5 Å². The molecule has 5 rings (SSSR count). The molecule has 1 unspecified atom stereocenters. The molecule has 0 radical (unpaired) electrons. The standard InChI is InChI=1S/C23H17ClN2O4S2/c1-13-8-23(28)30-18-11-19(15(24)9-14(13)18)29-12-22(27)26-17(21-5-3-7-32-21)10-16(25-26)20-4-2-6-31-20/h2-9,11,17H,10,12H2,1H3. The number of ether oxygens (including phenoxy) is 1. The highest BCUT2D eigenvalue weighted by Gasteiger charge is 2.34. The molecule has 1 atom stereocenters. The lowest BCUT2D eigenvalue weighted by Gasteiger charge is -2.21. The average molecular weight is 485 g/mol. The van der Waals surface area contributed by atoms with Crippen LogP contribution in [0.3, 0.4) is 0 Å². The molecule has 4 aromatic rings. The van der Waals surface area contributed by atoms with Crippen LogP contribution in [0, 0.1) is 6.92 Å². The normalized spacial score (nSPS) is 15.9. The fraction of sp³-hybridized carbons (Fsp3) is 0.174. The van der Waals surface area contributed by atoms with Crippen LogP contribution in [0.25, 0.3) is 11.0 Å². The fourth-order valence-corrected chi connectivity index (χ4v) is 5.42. The zero-order chi connectivity index (χ0) is 22.2. The lowest BCUT2D eigenvalue weighted by molar-refractivity contribution is -0.135. The molecule has 1 aliphatic heterocycles. The molecular weight excluding hydrogens is 468 g/mol. The molecule has 3 aromatic heterocycles. The summed E-state index contributed by atoms with van der Waals surface area (Å²) in [5.74, 6) is -0.00703. The summed E-state index contributed by atoms with van der Waals surface area (Å²) in [6.45, 7) is 1.56. The minimum Gasteiger partial charge on any atom is -0.482 e. The van der Waals surface area contributed by atoms with Gasteiger partial charge in [0.05, 0.1) is 21.7 Å². The van der Waals surface area contributed by atoms with Gasteiger partial charge in [0.15, 0.2) is 6.61 Å². The monoisotopic (exact) mass is 484 g/mol. The topological polar surface area (TPSA) is 72.1 Å². The van der Waals surface area contributed by atoms with Gasteiger partial charge >= 0.3 is 5.63 Å². The third-order valence-corrected chi connectivity index (χ3v) is 7.39. The number of hydrazone groups is 1. The summed E-state index contributed by atoms with van der Waals surface area (Å²) in [5, 5.41) is 11.2. The van der Waals surface area contributed by atoms with Crippen LogP contribution in [0.1, 0.15) is 27.8 Å². The van der Waals surface area contributed by atoms with Crippen LogP contribution in [0.4, 0.5) is 0 Å². The minimum absolute atomic E-state index is 0.170. The van der Waals surface area contributed by atoms with Crippen LogP contribution in [0.5, 0.6) is 5.75 Å². The second-order valence-electron chi connectivity index (χ2n) is 7.31. The van der Waals surface area contributed by atoms with E-state index >= 15 is 0 Å². The number of fused-ring (bicyclic) bond motifs is 1. The number of hydrogen-bond donors (Lipinski definition) is 0. The maximum absolute atomic E-state index is 13.1. The lowest BCUT2D eigenvalue weighted by Crippen LogP contribution is -2.31. The molecule has 32 heavy (non-hydrogen) atoms. The number of thiophene rings is 2. The van der Waals surface area contributed by atoms with Gasteiger partial charge in [0.25, 0.3) is 5.91 Å². The van der Waals surface area contributed by atoms with Gasteiger partial charge in [0.2, 0.25) is 0 Å². The van der Waals surface area contributed by atoms with Crippen molar-refractivity contribution in [2.24, 2.45) is 5.10 Å². The number of rotatable bonds is 5. The number of carbonyl (C=O) groups is 1. The van der Waals surface area contributed by atoms with Gasteiger partial charge in [-0.1, -0.05) is 23.7 Å². The molecule has 0 bridgehead atoms. The van der Waals surface area contributed by atoms with Gasteiger partial charge in [-0.2, -0.15) is 5.10 Å². The molecule has 9 heteroatoms. The molecule has 1 amide bonds. The zero-order valence-corrected chi connectivity index (χ0v) is 19.3. The van der Waals surface area contributed by atoms with Crippen molar-refractivity contribution in [2.75, 3.05) is 6.61 Å². The molecule has 0 saturated carbocycles. The molecule has 6 nitrogen and oxygen atoms in total. The maximum atomic E-state index is 13.1. The van der Waals surface area contributed by atoms with Gasteiger partial charge in [0, 0.05) is 28.8 Å². The average Bonchev–Trinajstić information content (AvgIpc) is 3.53. The van der Waals surface area contributed by atoms with E-state index in [2.05, 4.69) is 5.10 Å². The van der Waals surface area contributed by atoms with E-state index in [1.54, 1.807) is 41.7 Å². The highest BCUT2D eigenvalue weighted by atomic mass is 35.5. The largest absolute Gasteiger partial charge is 0.482 e. The Morgan fingerprint density at radius 1 is 1.25 bits per heavy atom. The highest BCUT2D eigenvalue weighted by Crippen LogP contribution is 2.36. The van der Waals surface area contributed by atoms with E-state index in [1.165, 1.54) is 11.1 Å². The molecule has 162 valence electrons. The van der Waals surface area contributed by atoms with Crippen molar-refractivity contribution in [3.63, 3.8) is 0 Å². The van der Waals surface area contributed by atoms with Gasteiger partial charge < -0.3 is 9.15 Å². The summed E-state index contributed by atoms with van der Waals surface area (Å²) in [6.07, 6.45) is 0.647. The van der Waals surface area contributed by atoms with Crippen LogP contribution < -0.4 is 10.4 Å². The van der Waals surface area contributed by atoms with E-state index in [9.17, 15) is 9.59 Å².